The van der Waals surface area contributed by atoms with Gasteiger partial charge in [0.05, 0.1) is 12.8 Å². The van der Waals surface area contributed by atoms with Gasteiger partial charge in [0, 0.05) is 33.6 Å². The Bertz CT molecular complexity index is 1490. The number of hydrogen-bond acceptors (Lipinski definition) is 8. The van der Waals surface area contributed by atoms with Crippen LogP contribution >= 0.6 is 11.3 Å². The molecule has 5 aromatic rings. The predicted molar refractivity (Wildman–Crippen MR) is 132 cm³/mol. The van der Waals surface area contributed by atoms with Crippen LogP contribution in [0.4, 0.5) is 17.6 Å². The first kappa shape index (κ1) is 21.5. The summed E-state index contributed by atoms with van der Waals surface area (Å²) >= 11 is 1.44. The Morgan fingerprint density at radius 2 is 1.76 bits per heavy atom. The van der Waals surface area contributed by atoms with Crippen LogP contribution in [0.15, 0.2) is 60.0 Å². The molecule has 0 fully saturated rings. The highest BCUT2D eigenvalue weighted by Gasteiger charge is 2.16. The average Bonchev–Trinajstić information content (AvgIpc) is 3.38. The highest BCUT2D eigenvalue weighted by Crippen LogP contribution is 2.32. The summed E-state index contributed by atoms with van der Waals surface area (Å²) in [5, 5.41) is 12.4. The number of aromatic nitrogens is 5. The maximum atomic E-state index is 12.9. The number of thiazole rings is 1. The molecule has 170 valence electrons. The first-order valence-electron chi connectivity index (χ1n) is 10.5. The Morgan fingerprint density at radius 1 is 0.971 bits per heavy atom. The number of hydrogen-bond donors (Lipinski definition) is 2. The molecule has 0 aliphatic rings. The van der Waals surface area contributed by atoms with E-state index in [1.165, 1.54) is 11.3 Å². The van der Waals surface area contributed by atoms with Crippen molar-refractivity contribution in [3.05, 3.63) is 76.9 Å². The molecule has 2 N–H and O–H groups in total. The number of aryl methyl sites for hydroxylation is 2. The van der Waals surface area contributed by atoms with Gasteiger partial charge in [-0.1, -0.05) is 18.2 Å². The second-order valence-corrected chi connectivity index (χ2v) is 8.42. The third-order valence-corrected chi connectivity index (χ3v) is 5.87. The van der Waals surface area contributed by atoms with Crippen molar-refractivity contribution < 1.29 is 9.53 Å². The van der Waals surface area contributed by atoms with Crippen molar-refractivity contribution >= 4 is 39.8 Å². The topological polar surface area (TPSA) is 106 Å². The highest BCUT2D eigenvalue weighted by atomic mass is 32.1. The minimum atomic E-state index is -0.318. The van der Waals surface area contributed by atoms with Gasteiger partial charge in [-0.3, -0.25) is 10.1 Å². The fourth-order valence-electron chi connectivity index (χ4n) is 3.60. The van der Waals surface area contributed by atoms with E-state index in [9.17, 15) is 4.79 Å². The number of anilines is 3. The molecule has 0 aliphatic heterocycles. The van der Waals surface area contributed by atoms with Crippen molar-refractivity contribution in [1.29, 1.82) is 0 Å². The van der Waals surface area contributed by atoms with E-state index in [1.54, 1.807) is 29.8 Å². The maximum Gasteiger partial charge on any atom is 0.258 e. The fraction of sp³-hybridized carbons (Fsp3) is 0.125. The second kappa shape index (κ2) is 8.91. The normalized spacial score (nSPS) is 10.9. The van der Waals surface area contributed by atoms with Crippen LogP contribution in [-0.2, 0) is 0 Å². The molecule has 34 heavy (non-hydrogen) atoms. The van der Waals surface area contributed by atoms with Gasteiger partial charge in [0.1, 0.15) is 5.75 Å². The SMILES string of the molecule is COc1ccccc1-c1csc2nc(NC(=O)c3cccc(Nc4nc(C)cc(C)n4)c3)nn12. The van der Waals surface area contributed by atoms with Crippen LogP contribution in [0, 0.1) is 13.8 Å². The summed E-state index contributed by atoms with van der Waals surface area (Å²) in [5.74, 6) is 1.13. The van der Waals surface area contributed by atoms with Gasteiger partial charge >= 0.3 is 0 Å². The van der Waals surface area contributed by atoms with Crippen LogP contribution in [-0.4, -0.2) is 37.6 Å². The zero-order chi connectivity index (χ0) is 23.7. The maximum absolute atomic E-state index is 12.9. The Labute approximate surface area is 199 Å². The number of nitrogens with zero attached hydrogens (tertiary/aromatic N) is 5. The van der Waals surface area contributed by atoms with E-state index < -0.39 is 0 Å². The number of carbonyl (C=O) groups is 1. The molecule has 0 unspecified atom stereocenters. The largest absolute Gasteiger partial charge is 0.496 e. The summed E-state index contributed by atoms with van der Waals surface area (Å²) in [6.07, 6.45) is 0. The van der Waals surface area contributed by atoms with Crippen LogP contribution in [0.25, 0.3) is 16.2 Å². The Balaban J connectivity index is 1.37. The van der Waals surface area contributed by atoms with Crippen LogP contribution in [0.5, 0.6) is 5.75 Å². The first-order chi connectivity index (χ1) is 16.5. The van der Waals surface area contributed by atoms with Gasteiger partial charge < -0.3 is 10.1 Å². The van der Waals surface area contributed by atoms with Crippen molar-refractivity contribution in [3.63, 3.8) is 0 Å². The molecule has 0 spiro atoms. The number of methoxy groups -OCH3 is 1. The highest BCUT2D eigenvalue weighted by molar-refractivity contribution is 7.15. The van der Waals surface area contributed by atoms with E-state index in [1.807, 2.05) is 55.6 Å². The van der Waals surface area contributed by atoms with Crippen molar-refractivity contribution in [2.45, 2.75) is 13.8 Å². The molecule has 10 heteroatoms. The van der Waals surface area contributed by atoms with Gasteiger partial charge in [0.25, 0.3) is 11.9 Å². The molecule has 9 nitrogen and oxygen atoms in total. The number of fused-ring (bicyclic) bond motifs is 1. The zero-order valence-electron chi connectivity index (χ0n) is 18.7. The van der Waals surface area contributed by atoms with Gasteiger partial charge in [-0.05, 0) is 50.2 Å². The summed E-state index contributed by atoms with van der Waals surface area (Å²) in [4.78, 5) is 26.8. The minimum Gasteiger partial charge on any atom is -0.496 e. The first-order valence-corrected chi connectivity index (χ1v) is 11.4. The monoisotopic (exact) mass is 471 g/mol. The van der Waals surface area contributed by atoms with Crippen LogP contribution in [0.1, 0.15) is 21.7 Å². The van der Waals surface area contributed by atoms with E-state index in [2.05, 4.69) is 30.7 Å². The van der Waals surface area contributed by atoms with Crippen molar-refractivity contribution in [2.24, 2.45) is 0 Å². The predicted octanol–water partition coefficient (Wildman–Crippen LogP) is 4.87. The van der Waals surface area contributed by atoms with Crippen molar-refractivity contribution in [2.75, 3.05) is 17.7 Å². The summed E-state index contributed by atoms with van der Waals surface area (Å²) in [5.41, 5.74) is 4.62. The Hall–Kier alpha value is -4.31. The van der Waals surface area contributed by atoms with Gasteiger partial charge in [-0.25, -0.2) is 14.5 Å². The van der Waals surface area contributed by atoms with E-state index >= 15 is 0 Å². The zero-order valence-corrected chi connectivity index (χ0v) is 19.6. The lowest BCUT2D eigenvalue weighted by molar-refractivity contribution is 0.102. The van der Waals surface area contributed by atoms with Crippen LogP contribution in [0.3, 0.4) is 0 Å². The third kappa shape index (κ3) is 4.30. The molecule has 0 aliphatic carbocycles. The number of amides is 1. The molecule has 3 aromatic heterocycles. The summed E-state index contributed by atoms with van der Waals surface area (Å²) in [7, 11) is 1.63. The van der Waals surface area contributed by atoms with Crippen LogP contribution in [0.2, 0.25) is 0 Å². The summed E-state index contributed by atoms with van der Waals surface area (Å²) in [6, 6.07) is 16.7. The number of para-hydroxylation sites is 1. The third-order valence-electron chi connectivity index (χ3n) is 5.05. The summed E-state index contributed by atoms with van der Waals surface area (Å²) in [6.45, 7) is 3.82. The fourth-order valence-corrected chi connectivity index (χ4v) is 4.42. The minimum absolute atomic E-state index is 0.226. The van der Waals surface area contributed by atoms with Gasteiger partial charge in [-0.15, -0.1) is 16.4 Å². The molecule has 2 aromatic carbocycles. The number of nitrogens with one attached hydrogen (secondary N) is 2. The molecule has 1 amide bonds. The number of benzene rings is 2. The number of rotatable bonds is 6. The van der Waals surface area contributed by atoms with Gasteiger partial charge in [0.2, 0.25) is 10.9 Å². The van der Waals surface area contributed by atoms with E-state index in [0.717, 1.165) is 28.4 Å². The van der Waals surface area contributed by atoms with Crippen molar-refractivity contribution in [3.8, 4) is 17.0 Å². The molecular formula is C24H21N7O2S. The van der Waals surface area contributed by atoms with Crippen LogP contribution < -0.4 is 15.4 Å². The molecule has 5 rings (SSSR count). The van der Waals surface area contributed by atoms with E-state index in [4.69, 9.17) is 4.74 Å². The number of ether oxygens (including phenoxy) is 1. The quantitative estimate of drug-likeness (QED) is 0.364. The lowest BCUT2D eigenvalue weighted by Crippen LogP contribution is -2.13. The van der Waals surface area contributed by atoms with E-state index in [-0.39, 0.29) is 11.9 Å². The second-order valence-electron chi connectivity index (χ2n) is 7.59. The molecule has 0 saturated carbocycles. The lowest BCUT2D eigenvalue weighted by atomic mass is 10.1. The standard InChI is InChI=1S/C24H21N7O2S/c1-14-11-15(2)26-22(25-14)27-17-8-6-7-16(12-17)21(32)28-23-29-24-31(30-23)19(13-34-24)18-9-4-5-10-20(18)33-3/h4-13H,1-3H3,(H,25,26,27)(H,28,30,32). The molecule has 0 radical (unpaired) electrons. The molecule has 0 bridgehead atoms. The molecule has 0 atom stereocenters. The van der Waals surface area contributed by atoms with Crippen molar-refractivity contribution in [1.82, 2.24) is 24.6 Å². The summed E-state index contributed by atoms with van der Waals surface area (Å²) < 4.78 is 7.17. The van der Waals surface area contributed by atoms with Gasteiger partial charge in [-0.2, -0.15) is 4.98 Å². The number of carbonyl (C=O) groups excluding carboxylic acids is 1. The Morgan fingerprint density at radius 3 is 2.56 bits per heavy atom. The van der Waals surface area contributed by atoms with Gasteiger partial charge in [0.15, 0.2) is 0 Å². The Kier molecular flexibility index (Phi) is 5.64. The molecular weight excluding hydrogens is 450 g/mol. The smallest absolute Gasteiger partial charge is 0.258 e. The molecule has 0 saturated heterocycles. The van der Waals surface area contributed by atoms with E-state index in [0.29, 0.717) is 22.2 Å². The average molecular weight is 472 g/mol. The molecule has 3 heterocycles. The lowest BCUT2D eigenvalue weighted by Gasteiger charge is -2.08.